The largest absolute Gasteiger partial charge is 0.472 e. The van der Waals surface area contributed by atoms with Gasteiger partial charge in [-0.3, -0.25) is 32.5 Å². The lowest BCUT2D eigenvalue weighted by Gasteiger charge is -2.21. The molecular formula is C99H170O16P2. The van der Waals surface area contributed by atoms with Crippen LogP contribution in [0.5, 0.6) is 0 Å². The fourth-order valence-electron chi connectivity index (χ4n) is 12.6. The number of carbonyl (C=O) groups excluding carboxylic acids is 3. The lowest BCUT2D eigenvalue weighted by Crippen LogP contribution is -2.30. The Morgan fingerprint density at radius 3 is 0.718 bits per heavy atom. The highest BCUT2D eigenvalue weighted by molar-refractivity contribution is 7.47. The van der Waals surface area contributed by atoms with Crippen molar-refractivity contribution in [2.75, 3.05) is 39.6 Å². The summed E-state index contributed by atoms with van der Waals surface area (Å²) < 4.78 is 61.6. The van der Waals surface area contributed by atoms with Gasteiger partial charge in [-0.25, -0.2) is 9.13 Å². The molecule has 5 atom stereocenters. The minimum atomic E-state index is -4.95. The van der Waals surface area contributed by atoms with Crippen LogP contribution in [0.1, 0.15) is 393 Å². The van der Waals surface area contributed by atoms with E-state index in [0.717, 1.165) is 161 Å². The van der Waals surface area contributed by atoms with Crippen molar-refractivity contribution in [2.24, 2.45) is 0 Å². The molecule has 0 spiro atoms. The van der Waals surface area contributed by atoms with Crippen molar-refractivity contribution in [3.05, 3.63) is 158 Å². The van der Waals surface area contributed by atoms with E-state index in [2.05, 4.69) is 179 Å². The summed E-state index contributed by atoms with van der Waals surface area (Å²) in [5, 5.41) is 20.7. The van der Waals surface area contributed by atoms with Crippen molar-refractivity contribution >= 4 is 33.6 Å². The summed E-state index contributed by atoms with van der Waals surface area (Å²) in [5.74, 6) is -1.57. The molecule has 0 saturated carbocycles. The molecule has 0 amide bonds. The number of hydrogen-bond acceptors (Lipinski definition) is 14. The number of carbonyl (C=O) groups is 3. The lowest BCUT2D eigenvalue weighted by atomic mass is 10.0. The van der Waals surface area contributed by atoms with E-state index in [1.807, 2.05) is 0 Å². The lowest BCUT2D eigenvalue weighted by molar-refractivity contribution is -0.161. The number of rotatable bonds is 88. The number of aliphatic hydroxyl groups is 2. The molecule has 0 rings (SSSR count). The molecule has 16 nitrogen and oxygen atoms in total. The Morgan fingerprint density at radius 1 is 0.248 bits per heavy atom. The van der Waals surface area contributed by atoms with Crippen molar-refractivity contribution in [1.29, 1.82) is 0 Å². The Bertz CT molecular complexity index is 2760. The zero-order chi connectivity index (χ0) is 85.1. The Balaban J connectivity index is 4.68. The molecule has 0 aromatic carbocycles. The van der Waals surface area contributed by atoms with Gasteiger partial charge in [-0.15, -0.1) is 0 Å². The third kappa shape index (κ3) is 91.7. The Morgan fingerprint density at radius 2 is 0.453 bits per heavy atom. The quantitative estimate of drug-likeness (QED) is 0.0146. The van der Waals surface area contributed by atoms with Gasteiger partial charge in [-0.1, -0.05) is 378 Å². The predicted octanol–water partition coefficient (Wildman–Crippen LogP) is 28.9. The molecule has 0 aliphatic carbocycles. The highest BCUT2D eigenvalue weighted by Crippen LogP contribution is 2.45. The summed E-state index contributed by atoms with van der Waals surface area (Å²) in [7, 11) is -9.82. The fourth-order valence-corrected chi connectivity index (χ4v) is 14.2. The van der Waals surface area contributed by atoms with Crippen LogP contribution in [0.4, 0.5) is 0 Å². The minimum Gasteiger partial charge on any atom is -0.463 e. The van der Waals surface area contributed by atoms with Gasteiger partial charge in [0.1, 0.15) is 25.4 Å². The number of hydrogen-bond donors (Lipinski definition) is 4. The maximum absolute atomic E-state index is 13.1. The minimum absolute atomic E-state index is 0.0968. The van der Waals surface area contributed by atoms with E-state index < -0.39 is 91.5 Å². The monoisotopic (exact) mass is 1680 g/mol. The maximum Gasteiger partial charge on any atom is 0.472 e. The van der Waals surface area contributed by atoms with Crippen molar-refractivity contribution in [3.8, 4) is 0 Å². The smallest absolute Gasteiger partial charge is 0.463 e. The first kappa shape index (κ1) is 112. The number of aliphatic hydroxyl groups excluding tert-OH is 2. The average Bonchev–Trinajstić information content (AvgIpc) is 0.900. The van der Waals surface area contributed by atoms with E-state index >= 15 is 0 Å². The highest BCUT2D eigenvalue weighted by atomic mass is 31.2. The first-order valence-electron chi connectivity index (χ1n) is 46.8. The molecule has 0 aromatic rings. The zero-order valence-corrected chi connectivity index (χ0v) is 75.9. The van der Waals surface area contributed by atoms with E-state index in [-0.39, 0.29) is 19.3 Å². The first-order valence-corrected chi connectivity index (χ1v) is 49.8. The topological polar surface area (TPSA) is 231 Å². The summed E-state index contributed by atoms with van der Waals surface area (Å²) in [6.45, 7) is 2.56. The number of phosphoric ester groups is 2. The molecule has 0 saturated heterocycles. The summed E-state index contributed by atoms with van der Waals surface area (Å²) >= 11 is 0. The summed E-state index contributed by atoms with van der Waals surface area (Å²) in [6, 6.07) is 0. The van der Waals surface area contributed by atoms with Gasteiger partial charge >= 0.3 is 33.6 Å². The van der Waals surface area contributed by atoms with Crippen LogP contribution in [0.3, 0.4) is 0 Å². The second-order valence-corrected chi connectivity index (χ2v) is 34.0. The van der Waals surface area contributed by atoms with Gasteiger partial charge < -0.3 is 34.2 Å². The Labute approximate surface area is 714 Å². The summed E-state index contributed by atoms with van der Waals surface area (Å²) in [6.07, 6.45) is 116. The zero-order valence-electron chi connectivity index (χ0n) is 74.1. The first-order chi connectivity index (χ1) is 57.2. The second-order valence-electron chi connectivity index (χ2n) is 31.1. The molecule has 5 unspecified atom stereocenters. The molecule has 0 heterocycles. The van der Waals surface area contributed by atoms with Crippen molar-refractivity contribution in [3.63, 3.8) is 0 Å². The second kappa shape index (κ2) is 90.4. The van der Waals surface area contributed by atoms with Crippen molar-refractivity contribution in [1.82, 2.24) is 0 Å². The van der Waals surface area contributed by atoms with E-state index in [0.29, 0.717) is 19.3 Å². The molecule has 0 aromatic heterocycles. The van der Waals surface area contributed by atoms with Crippen LogP contribution in [-0.4, -0.2) is 95.9 Å². The van der Waals surface area contributed by atoms with Gasteiger partial charge in [-0.05, 0) is 154 Å². The molecule has 672 valence electrons. The van der Waals surface area contributed by atoms with Gasteiger partial charge in [0, 0.05) is 19.3 Å². The van der Waals surface area contributed by atoms with Gasteiger partial charge in [0.2, 0.25) is 0 Å². The van der Waals surface area contributed by atoms with Crippen LogP contribution >= 0.6 is 15.6 Å². The molecule has 4 N–H and O–H groups in total. The molecule has 0 bridgehead atoms. The standard InChI is InChI=1S/C99H170O16P2/c1-4-7-10-13-16-19-22-25-28-31-34-37-40-43-46-49-52-55-58-61-64-67-70-73-76-79-82-85-97(102)109-88-94(100)89-111-116(105,106)112-90-95(101)91-113-117(107,108)114-93-96(115-99(104)87-84-81-78-75-72-69-66-63-60-57-54-51-48-45-42-39-36-33-30-27-24-21-18-15-12-9-6-3)92-110-98(103)86-83-80-77-74-71-68-65-62-59-56-53-50-47-44-41-38-35-32-29-26-23-20-17-14-11-8-5-2/h7,10,16-21,25-30,34-39,43-48,94-96,100-101H,4-6,8-9,11-15,22-24,31-33,40-42,49-93H2,1-3H3,(H,105,106)(H,107,108)/b10-7-,19-16-,20-17-,21-18-,28-25-,29-26-,30-27-,37-34-,38-35-,39-36-,46-43-,47-44-,48-45-. The van der Waals surface area contributed by atoms with Crippen LogP contribution in [0.2, 0.25) is 0 Å². The van der Waals surface area contributed by atoms with E-state index in [1.54, 1.807) is 0 Å². The third-order valence-electron chi connectivity index (χ3n) is 19.7. The third-order valence-corrected chi connectivity index (χ3v) is 21.6. The van der Waals surface area contributed by atoms with Crippen molar-refractivity contribution < 1.29 is 75.8 Å². The molecule has 117 heavy (non-hydrogen) atoms. The van der Waals surface area contributed by atoms with Gasteiger partial charge in [0.25, 0.3) is 0 Å². The number of ether oxygens (including phenoxy) is 3. The van der Waals surface area contributed by atoms with Crippen LogP contribution in [0.15, 0.2) is 158 Å². The van der Waals surface area contributed by atoms with Crippen molar-refractivity contribution in [2.45, 2.75) is 411 Å². The molecule has 0 aliphatic heterocycles. The highest BCUT2D eigenvalue weighted by Gasteiger charge is 2.29. The molecular weight excluding hydrogens is 1510 g/mol. The summed E-state index contributed by atoms with van der Waals surface area (Å²) in [4.78, 5) is 59.1. The Hall–Kier alpha value is -4.83. The summed E-state index contributed by atoms with van der Waals surface area (Å²) in [5.41, 5.74) is 0. The molecule has 0 fully saturated rings. The normalized spacial score (nSPS) is 14.5. The Kier molecular flexibility index (Phi) is 86.7. The van der Waals surface area contributed by atoms with Gasteiger partial charge in [0.05, 0.1) is 26.4 Å². The number of unbranched alkanes of at least 4 members (excludes halogenated alkanes) is 39. The van der Waals surface area contributed by atoms with E-state index in [4.69, 9.17) is 32.3 Å². The van der Waals surface area contributed by atoms with Crippen LogP contribution in [0, 0.1) is 0 Å². The number of allylic oxidation sites excluding steroid dienone is 26. The fraction of sp³-hybridized carbons (Fsp3) is 0.707. The number of phosphoric acid groups is 2. The maximum atomic E-state index is 13.1. The predicted molar refractivity (Wildman–Crippen MR) is 491 cm³/mol. The van der Waals surface area contributed by atoms with Crippen LogP contribution < -0.4 is 0 Å². The average molecular weight is 1680 g/mol. The van der Waals surface area contributed by atoms with Crippen LogP contribution in [0.25, 0.3) is 0 Å². The SMILES string of the molecule is CC/C=C\C/C=C\C/C=C\C/C=C\C/C=C\CCCCCCCCCCCCCC(=O)OCC(O)COP(=O)(O)OCC(O)COP(=O)(O)OCC(COC(=O)CCCCCCCCCCCCC/C=C\C/C=C\C/C=C\C/C=C\CCCCC)OC(=O)CCCCCCCCCCCCC/C=C\C/C=C\C/C=C\C/C=C\CCCCC. The molecule has 0 aliphatic rings. The van der Waals surface area contributed by atoms with Gasteiger partial charge in [0.15, 0.2) is 6.10 Å². The number of esters is 3. The van der Waals surface area contributed by atoms with E-state index in [9.17, 15) is 43.5 Å². The van der Waals surface area contributed by atoms with Crippen LogP contribution in [-0.2, 0) is 55.8 Å². The van der Waals surface area contributed by atoms with E-state index in [1.165, 1.54) is 173 Å². The van der Waals surface area contributed by atoms with Gasteiger partial charge in [-0.2, -0.15) is 0 Å². The molecule has 18 heteroatoms. The molecule has 0 radical (unpaired) electrons.